The molecule has 5 heteroatoms. The number of benzene rings is 1. The first kappa shape index (κ1) is 13.5. The molecule has 1 aliphatic rings. The number of aryl methyl sites for hydroxylation is 1. The maximum atomic E-state index is 11.9. The van der Waals surface area contributed by atoms with Crippen LogP contribution in [0.15, 0.2) is 30.3 Å². The Kier molecular flexibility index (Phi) is 4.74. The number of piperidine rings is 1. The quantitative estimate of drug-likeness (QED) is 0.834. The standard InChI is InChI=1S/C13H20N2O2S/c16-18(17,15-13-6-9-14-10-7-13)11-8-12-4-2-1-3-5-12/h1-5,13-15H,6-11H2. The van der Waals surface area contributed by atoms with Gasteiger partial charge in [-0.05, 0) is 37.9 Å². The molecule has 1 saturated heterocycles. The van der Waals surface area contributed by atoms with Crippen molar-refractivity contribution in [2.24, 2.45) is 0 Å². The van der Waals surface area contributed by atoms with Crippen LogP contribution in [-0.2, 0) is 16.4 Å². The molecule has 1 heterocycles. The smallest absolute Gasteiger partial charge is 0.212 e. The highest BCUT2D eigenvalue weighted by Crippen LogP contribution is 2.06. The number of nitrogens with one attached hydrogen (secondary N) is 2. The second-order valence-corrected chi connectivity index (χ2v) is 6.57. The average molecular weight is 268 g/mol. The number of rotatable bonds is 5. The van der Waals surface area contributed by atoms with Crippen LogP contribution in [0.25, 0.3) is 0 Å². The highest BCUT2D eigenvalue weighted by Gasteiger charge is 2.19. The lowest BCUT2D eigenvalue weighted by Crippen LogP contribution is -2.43. The SMILES string of the molecule is O=S(=O)(CCc1ccccc1)NC1CCNCC1. The van der Waals surface area contributed by atoms with Crippen molar-refractivity contribution in [2.75, 3.05) is 18.8 Å². The Morgan fingerprint density at radius 2 is 1.83 bits per heavy atom. The second kappa shape index (κ2) is 6.31. The van der Waals surface area contributed by atoms with Crippen molar-refractivity contribution < 1.29 is 8.42 Å². The monoisotopic (exact) mass is 268 g/mol. The Morgan fingerprint density at radius 3 is 2.50 bits per heavy atom. The maximum Gasteiger partial charge on any atom is 0.212 e. The van der Waals surface area contributed by atoms with Gasteiger partial charge in [0.15, 0.2) is 0 Å². The molecule has 100 valence electrons. The Hall–Kier alpha value is -0.910. The second-order valence-electron chi connectivity index (χ2n) is 4.70. The molecule has 0 spiro atoms. The van der Waals surface area contributed by atoms with Crippen LogP contribution < -0.4 is 10.0 Å². The lowest BCUT2D eigenvalue weighted by molar-refractivity contribution is 0.427. The molecule has 1 aliphatic heterocycles. The molecule has 0 amide bonds. The molecule has 0 atom stereocenters. The molecule has 1 aromatic rings. The van der Waals surface area contributed by atoms with Crippen molar-refractivity contribution in [2.45, 2.75) is 25.3 Å². The van der Waals surface area contributed by atoms with Gasteiger partial charge in [-0.3, -0.25) is 0 Å². The van der Waals surface area contributed by atoms with Gasteiger partial charge in [0.1, 0.15) is 0 Å². The fraction of sp³-hybridized carbons (Fsp3) is 0.538. The summed E-state index contributed by atoms with van der Waals surface area (Å²) >= 11 is 0. The van der Waals surface area contributed by atoms with Gasteiger partial charge in [0.25, 0.3) is 0 Å². The normalized spacial score (nSPS) is 17.8. The Bertz CT molecular complexity index is 453. The zero-order chi connectivity index (χ0) is 12.8. The van der Waals surface area contributed by atoms with E-state index in [2.05, 4.69) is 10.0 Å². The van der Waals surface area contributed by atoms with Crippen molar-refractivity contribution in [3.05, 3.63) is 35.9 Å². The summed E-state index contributed by atoms with van der Waals surface area (Å²) in [6, 6.07) is 9.82. The summed E-state index contributed by atoms with van der Waals surface area (Å²) in [5.41, 5.74) is 1.06. The molecule has 18 heavy (non-hydrogen) atoms. The van der Waals surface area contributed by atoms with E-state index in [4.69, 9.17) is 0 Å². The van der Waals surface area contributed by atoms with Gasteiger partial charge in [-0.2, -0.15) is 0 Å². The molecule has 2 rings (SSSR count). The molecular formula is C13H20N2O2S. The minimum absolute atomic E-state index is 0.104. The van der Waals surface area contributed by atoms with E-state index in [-0.39, 0.29) is 11.8 Å². The van der Waals surface area contributed by atoms with Gasteiger partial charge in [-0.1, -0.05) is 30.3 Å². The van der Waals surface area contributed by atoms with Crippen LogP contribution in [0.3, 0.4) is 0 Å². The summed E-state index contributed by atoms with van der Waals surface area (Å²) in [4.78, 5) is 0. The highest BCUT2D eigenvalue weighted by molar-refractivity contribution is 7.89. The first-order chi connectivity index (χ1) is 8.66. The topological polar surface area (TPSA) is 58.2 Å². The van der Waals surface area contributed by atoms with Crippen molar-refractivity contribution in [1.29, 1.82) is 0 Å². The Morgan fingerprint density at radius 1 is 1.17 bits per heavy atom. The van der Waals surface area contributed by atoms with Gasteiger partial charge in [-0.25, -0.2) is 13.1 Å². The van der Waals surface area contributed by atoms with E-state index >= 15 is 0 Å². The van der Waals surface area contributed by atoms with Crippen LogP contribution in [0.1, 0.15) is 18.4 Å². The molecule has 2 N–H and O–H groups in total. The van der Waals surface area contributed by atoms with E-state index in [1.54, 1.807) is 0 Å². The molecule has 0 bridgehead atoms. The van der Waals surface area contributed by atoms with Crippen molar-refractivity contribution in [1.82, 2.24) is 10.0 Å². The number of sulfonamides is 1. The molecular weight excluding hydrogens is 248 g/mol. The van der Waals surface area contributed by atoms with Crippen molar-refractivity contribution in [3.8, 4) is 0 Å². The molecule has 0 saturated carbocycles. The van der Waals surface area contributed by atoms with E-state index < -0.39 is 10.0 Å². The summed E-state index contributed by atoms with van der Waals surface area (Å²) in [5, 5.41) is 3.22. The average Bonchev–Trinajstić information content (AvgIpc) is 2.38. The molecule has 1 aromatic carbocycles. The third-order valence-corrected chi connectivity index (χ3v) is 4.62. The maximum absolute atomic E-state index is 11.9. The third-order valence-electron chi connectivity index (χ3n) is 3.19. The molecule has 0 aromatic heterocycles. The van der Waals surface area contributed by atoms with Gasteiger partial charge in [0, 0.05) is 6.04 Å². The molecule has 0 aliphatic carbocycles. The number of hydrogen-bond acceptors (Lipinski definition) is 3. The predicted octanol–water partition coefficient (Wildman–Crippen LogP) is 0.900. The summed E-state index contributed by atoms with van der Waals surface area (Å²) in [6.45, 7) is 1.79. The molecule has 1 fully saturated rings. The van der Waals surface area contributed by atoms with Crippen molar-refractivity contribution >= 4 is 10.0 Å². The van der Waals surface area contributed by atoms with E-state index in [1.165, 1.54) is 0 Å². The largest absolute Gasteiger partial charge is 0.317 e. The summed E-state index contributed by atoms with van der Waals surface area (Å²) in [7, 11) is -3.16. The lowest BCUT2D eigenvalue weighted by Gasteiger charge is -2.23. The predicted molar refractivity (Wildman–Crippen MR) is 73.0 cm³/mol. The molecule has 4 nitrogen and oxygen atoms in total. The van der Waals surface area contributed by atoms with Crippen LogP contribution in [-0.4, -0.2) is 33.3 Å². The first-order valence-electron chi connectivity index (χ1n) is 6.40. The Balaban J connectivity index is 1.83. The van der Waals surface area contributed by atoms with Gasteiger partial charge < -0.3 is 5.32 Å². The fourth-order valence-corrected chi connectivity index (χ4v) is 3.52. The number of hydrogen-bond donors (Lipinski definition) is 2. The molecule has 0 radical (unpaired) electrons. The minimum atomic E-state index is -3.16. The lowest BCUT2D eigenvalue weighted by atomic mass is 10.1. The highest BCUT2D eigenvalue weighted by atomic mass is 32.2. The van der Waals surface area contributed by atoms with Crippen molar-refractivity contribution in [3.63, 3.8) is 0 Å². The van der Waals surface area contributed by atoms with Crippen LogP contribution >= 0.6 is 0 Å². The van der Waals surface area contributed by atoms with E-state index in [0.29, 0.717) is 6.42 Å². The minimum Gasteiger partial charge on any atom is -0.317 e. The summed E-state index contributed by atoms with van der Waals surface area (Å²) in [6.07, 6.45) is 2.33. The third kappa shape index (κ3) is 4.40. The van der Waals surface area contributed by atoms with E-state index in [9.17, 15) is 8.42 Å². The van der Waals surface area contributed by atoms with Crippen LogP contribution in [0.2, 0.25) is 0 Å². The van der Waals surface area contributed by atoms with Crippen LogP contribution in [0.4, 0.5) is 0 Å². The fourth-order valence-electron chi connectivity index (χ4n) is 2.15. The van der Waals surface area contributed by atoms with Gasteiger partial charge in [-0.15, -0.1) is 0 Å². The van der Waals surface area contributed by atoms with Gasteiger partial charge in [0.05, 0.1) is 5.75 Å². The van der Waals surface area contributed by atoms with Crippen LogP contribution in [0.5, 0.6) is 0 Å². The van der Waals surface area contributed by atoms with E-state index in [0.717, 1.165) is 31.5 Å². The van der Waals surface area contributed by atoms with E-state index in [1.807, 2.05) is 30.3 Å². The zero-order valence-corrected chi connectivity index (χ0v) is 11.2. The Labute approximate surface area is 109 Å². The zero-order valence-electron chi connectivity index (χ0n) is 10.4. The van der Waals surface area contributed by atoms with Gasteiger partial charge >= 0.3 is 0 Å². The summed E-state index contributed by atoms with van der Waals surface area (Å²) in [5.74, 6) is 0.168. The summed E-state index contributed by atoms with van der Waals surface area (Å²) < 4.78 is 26.7. The molecule has 0 unspecified atom stereocenters. The first-order valence-corrected chi connectivity index (χ1v) is 8.05. The van der Waals surface area contributed by atoms with Crippen LogP contribution in [0, 0.1) is 0 Å². The van der Waals surface area contributed by atoms with Gasteiger partial charge in [0.2, 0.25) is 10.0 Å².